The molecule has 0 unspecified atom stereocenters. The quantitative estimate of drug-likeness (QED) is 0.883. The van der Waals surface area contributed by atoms with E-state index < -0.39 is 0 Å². The van der Waals surface area contributed by atoms with Crippen LogP contribution in [0.25, 0.3) is 0 Å². The number of carbonyl (C=O) groups is 1. The third-order valence-electron chi connectivity index (χ3n) is 4.50. The number of nitrogens with zero attached hydrogens (tertiary/aromatic N) is 3. The normalized spacial score (nSPS) is 24.2. The Balaban J connectivity index is 1.60. The Hall–Kier alpha value is -1.59. The van der Waals surface area contributed by atoms with Crippen LogP contribution in [-0.4, -0.2) is 26.3 Å². The summed E-state index contributed by atoms with van der Waals surface area (Å²) in [6.45, 7) is 2.94. The van der Waals surface area contributed by atoms with Crippen LogP contribution in [0, 0.1) is 5.92 Å². The lowest BCUT2D eigenvalue weighted by molar-refractivity contribution is -0.122. The van der Waals surface area contributed by atoms with E-state index in [9.17, 15) is 9.59 Å². The molecule has 6 nitrogen and oxygen atoms in total. The summed E-state index contributed by atoms with van der Waals surface area (Å²) >= 11 is 0. The summed E-state index contributed by atoms with van der Waals surface area (Å²) in [7, 11) is 0. The molecule has 2 aliphatic rings. The van der Waals surface area contributed by atoms with Gasteiger partial charge in [0.2, 0.25) is 5.91 Å². The second kappa shape index (κ2) is 6.03. The molecule has 3 rings (SSSR count). The molecule has 1 N–H and O–H groups in total. The standard InChI is InChI=1S/C15H24N4O2/c1-2-6-11-9-12(11)16-14(20)10-19-15(21)18-8-5-3-4-7-13(18)17-19/h11-12H,2-10H2,1H3,(H,16,20)/t11-,12+/m1/s1. The van der Waals surface area contributed by atoms with Crippen LogP contribution in [-0.2, 0) is 24.3 Å². The van der Waals surface area contributed by atoms with E-state index in [2.05, 4.69) is 17.3 Å². The highest BCUT2D eigenvalue weighted by Gasteiger charge is 2.37. The lowest BCUT2D eigenvalue weighted by Crippen LogP contribution is -2.35. The molecule has 0 aromatic carbocycles. The molecule has 2 atom stereocenters. The Morgan fingerprint density at radius 1 is 1.38 bits per heavy atom. The molecule has 1 aliphatic heterocycles. The van der Waals surface area contributed by atoms with Gasteiger partial charge in [0.25, 0.3) is 0 Å². The van der Waals surface area contributed by atoms with Crippen LogP contribution >= 0.6 is 0 Å². The average Bonchev–Trinajstić information content (AvgIpc) is 3.16. The van der Waals surface area contributed by atoms with Crippen LogP contribution in [0.5, 0.6) is 0 Å². The molecule has 1 amide bonds. The van der Waals surface area contributed by atoms with E-state index in [1.807, 2.05) is 0 Å². The van der Waals surface area contributed by atoms with Gasteiger partial charge in [0.1, 0.15) is 12.4 Å². The van der Waals surface area contributed by atoms with Crippen LogP contribution in [0.4, 0.5) is 0 Å². The molecular weight excluding hydrogens is 268 g/mol. The molecule has 1 fully saturated rings. The smallest absolute Gasteiger partial charge is 0.346 e. The van der Waals surface area contributed by atoms with Crippen molar-refractivity contribution < 1.29 is 4.79 Å². The van der Waals surface area contributed by atoms with Crippen molar-refractivity contribution in [2.75, 3.05) is 0 Å². The van der Waals surface area contributed by atoms with Crippen molar-refractivity contribution in [1.82, 2.24) is 19.7 Å². The third-order valence-corrected chi connectivity index (χ3v) is 4.50. The van der Waals surface area contributed by atoms with E-state index in [1.165, 1.54) is 11.1 Å². The van der Waals surface area contributed by atoms with Gasteiger partial charge in [0.05, 0.1) is 0 Å². The summed E-state index contributed by atoms with van der Waals surface area (Å²) in [5.74, 6) is 1.38. The molecule has 21 heavy (non-hydrogen) atoms. The zero-order chi connectivity index (χ0) is 14.8. The van der Waals surface area contributed by atoms with Crippen molar-refractivity contribution in [3.05, 3.63) is 16.3 Å². The van der Waals surface area contributed by atoms with E-state index in [4.69, 9.17) is 0 Å². The van der Waals surface area contributed by atoms with Crippen LogP contribution < -0.4 is 11.0 Å². The van der Waals surface area contributed by atoms with E-state index in [0.29, 0.717) is 12.0 Å². The van der Waals surface area contributed by atoms with Crippen LogP contribution in [0.15, 0.2) is 4.79 Å². The van der Waals surface area contributed by atoms with Gasteiger partial charge < -0.3 is 5.32 Å². The Morgan fingerprint density at radius 2 is 2.24 bits per heavy atom. The van der Waals surface area contributed by atoms with Crippen LogP contribution in [0.3, 0.4) is 0 Å². The second-order valence-corrected chi connectivity index (χ2v) is 6.28. The van der Waals surface area contributed by atoms with Gasteiger partial charge in [-0.2, -0.15) is 5.10 Å². The zero-order valence-corrected chi connectivity index (χ0v) is 12.7. The molecule has 0 bridgehead atoms. The summed E-state index contributed by atoms with van der Waals surface area (Å²) in [5.41, 5.74) is -0.136. The van der Waals surface area contributed by atoms with Gasteiger partial charge in [0.15, 0.2) is 0 Å². The van der Waals surface area contributed by atoms with Crippen molar-refractivity contribution in [2.45, 2.75) is 71.0 Å². The molecule has 1 saturated carbocycles. The van der Waals surface area contributed by atoms with Crippen molar-refractivity contribution in [1.29, 1.82) is 0 Å². The van der Waals surface area contributed by atoms with E-state index in [1.54, 1.807) is 4.57 Å². The molecule has 0 radical (unpaired) electrons. The van der Waals surface area contributed by atoms with Gasteiger partial charge >= 0.3 is 5.69 Å². The molecule has 1 aromatic rings. The molecule has 116 valence electrons. The molecule has 2 heterocycles. The predicted molar refractivity (Wildman–Crippen MR) is 79.0 cm³/mol. The first kappa shape index (κ1) is 14.4. The van der Waals surface area contributed by atoms with Crippen LogP contribution in [0.2, 0.25) is 0 Å². The van der Waals surface area contributed by atoms with Gasteiger partial charge in [-0.1, -0.05) is 19.8 Å². The highest BCUT2D eigenvalue weighted by molar-refractivity contribution is 5.76. The fourth-order valence-corrected chi connectivity index (χ4v) is 3.23. The fraction of sp³-hybridized carbons (Fsp3) is 0.800. The summed E-state index contributed by atoms with van der Waals surface area (Å²) in [4.78, 5) is 24.3. The van der Waals surface area contributed by atoms with E-state index in [0.717, 1.165) is 50.9 Å². The van der Waals surface area contributed by atoms with Gasteiger partial charge in [-0.05, 0) is 31.6 Å². The summed E-state index contributed by atoms with van der Waals surface area (Å²) in [6, 6.07) is 0.314. The number of aryl methyl sites for hydroxylation is 1. The molecule has 0 spiro atoms. The first-order valence-electron chi connectivity index (χ1n) is 8.15. The van der Waals surface area contributed by atoms with Crippen molar-refractivity contribution in [3.63, 3.8) is 0 Å². The predicted octanol–water partition coefficient (Wildman–Crippen LogP) is 1.08. The third kappa shape index (κ3) is 3.19. The number of amides is 1. The monoisotopic (exact) mass is 292 g/mol. The largest absolute Gasteiger partial charge is 0.351 e. The highest BCUT2D eigenvalue weighted by atomic mass is 16.2. The molecule has 1 aromatic heterocycles. The molecular formula is C15H24N4O2. The lowest BCUT2D eigenvalue weighted by atomic mass is 10.2. The molecule has 1 aliphatic carbocycles. The Morgan fingerprint density at radius 3 is 3.05 bits per heavy atom. The first-order valence-corrected chi connectivity index (χ1v) is 8.15. The Kier molecular flexibility index (Phi) is 4.12. The Bertz CT molecular complexity index is 575. The molecule has 6 heteroatoms. The average molecular weight is 292 g/mol. The topological polar surface area (TPSA) is 68.9 Å². The number of rotatable bonds is 5. The highest BCUT2D eigenvalue weighted by Crippen LogP contribution is 2.34. The maximum atomic E-state index is 12.3. The van der Waals surface area contributed by atoms with Gasteiger partial charge in [0, 0.05) is 19.0 Å². The number of nitrogens with one attached hydrogen (secondary N) is 1. The number of carbonyl (C=O) groups excluding carboxylic acids is 1. The number of fused-ring (bicyclic) bond motifs is 1. The number of aromatic nitrogens is 3. The van der Waals surface area contributed by atoms with Gasteiger partial charge in [-0.3, -0.25) is 9.36 Å². The maximum Gasteiger partial charge on any atom is 0.346 e. The Labute approximate surface area is 124 Å². The van der Waals surface area contributed by atoms with E-state index >= 15 is 0 Å². The van der Waals surface area contributed by atoms with Crippen molar-refractivity contribution in [3.8, 4) is 0 Å². The SMILES string of the molecule is CCC[C@@H]1C[C@@H]1NC(=O)Cn1nc2n(c1=O)CCCCC2. The van der Waals surface area contributed by atoms with Gasteiger partial charge in [-0.25, -0.2) is 9.48 Å². The summed E-state index contributed by atoms with van der Waals surface area (Å²) in [5, 5.41) is 7.35. The minimum atomic E-state index is -0.136. The number of hydrogen-bond donors (Lipinski definition) is 1. The number of hydrogen-bond acceptors (Lipinski definition) is 3. The summed E-state index contributed by atoms with van der Waals surface area (Å²) < 4.78 is 3.06. The zero-order valence-electron chi connectivity index (χ0n) is 12.7. The van der Waals surface area contributed by atoms with Crippen molar-refractivity contribution in [2.24, 2.45) is 5.92 Å². The van der Waals surface area contributed by atoms with Crippen LogP contribution in [0.1, 0.15) is 51.3 Å². The van der Waals surface area contributed by atoms with E-state index in [-0.39, 0.29) is 18.1 Å². The fourth-order valence-electron chi connectivity index (χ4n) is 3.23. The van der Waals surface area contributed by atoms with Crippen molar-refractivity contribution >= 4 is 5.91 Å². The minimum Gasteiger partial charge on any atom is -0.351 e. The first-order chi connectivity index (χ1) is 10.2. The van der Waals surface area contributed by atoms with Gasteiger partial charge in [-0.15, -0.1) is 0 Å². The minimum absolute atomic E-state index is 0.0498. The lowest BCUT2D eigenvalue weighted by Gasteiger charge is -2.04. The maximum absolute atomic E-state index is 12.3. The second-order valence-electron chi connectivity index (χ2n) is 6.28. The summed E-state index contributed by atoms with van der Waals surface area (Å²) in [6.07, 6.45) is 7.48. The molecule has 0 saturated heterocycles.